The van der Waals surface area contributed by atoms with Crippen molar-refractivity contribution in [3.8, 4) is 11.5 Å². The fourth-order valence-corrected chi connectivity index (χ4v) is 3.71. The molecule has 1 N–H and O–H groups in total. The summed E-state index contributed by atoms with van der Waals surface area (Å²) in [5.41, 5.74) is 1.06. The standard InChI is InChI=1S/C23H25ClN2O5/c1-25(2)11-12-26-20(14-5-8-16(30-3)9-6-14)19(22(28)23(26)29)21(27)15-7-10-17(24)18(13-15)31-4/h5-10,13,20,27H,11-12H2,1-4H3/b21-19-. The van der Waals surface area contributed by atoms with Gasteiger partial charge in [-0.05, 0) is 50.0 Å². The molecule has 8 heteroatoms. The summed E-state index contributed by atoms with van der Waals surface area (Å²) in [6.45, 7) is 0.892. The summed E-state index contributed by atoms with van der Waals surface area (Å²) >= 11 is 6.09. The fourth-order valence-electron chi connectivity index (χ4n) is 3.51. The topological polar surface area (TPSA) is 79.3 Å². The molecule has 0 aliphatic carbocycles. The largest absolute Gasteiger partial charge is 0.507 e. The first-order valence-corrected chi connectivity index (χ1v) is 10.1. The Kier molecular flexibility index (Phi) is 6.87. The molecule has 0 spiro atoms. The summed E-state index contributed by atoms with van der Waals surface area (Å²) < 4.78 is 10.4. The molecule has 1 aliphatic rings. The van der Waals surface area contributed by atoms with E-state index in [1.54, 1.807) is 43.5 Å². The molecule has 2 aromatic carbocycles. The lowest BCUT2D eigenvalue weighted by Crippen LogP contribution is -2.35. The molecular weight excluding hydrogens is 420 g/mol. The molecule has 1 fully saturated rings. The molecule has 1 aliphatic heterocycles. The minimum atomic E-state index is -0.731. The molecule has 7 nitrogen and oxygen atoms in total. The van der Waals surface area contributed by atoms with Crippen LogP contribution in [0.3, 0.4) is 0 Å². The highest BCUT2D eigenvalue weighted by Gasteiger charge is 2.45. The lowest BCUT2D eigenvalue weighted by Gasteiger charge is -2.26. The number of aliphatic hydroxyl groups excluding tert-OH is 1. The van der Waals surface area contributed by atoms with Crippen LogP contribution < -0.4 is 9.47 Å². The molecule has 1 amide bonds. The van der Waals surface area contributed by atoms with E-state index in [1.807, 2.05) is 19.0 Å². The van der Waals surface area contributed by atoms with Gasteiger partial charge >= 0.3 is 0 Å². The number of halogens is 1. The highest BCUT2D eigenvalue weighted by molar-refractivity contribution is 6.46. The number of carbonyl (C=O) groups excluding carboxylic acids is 2. The highest BCUT2D eigenvalue weighted by Crippen LogP contribution is 2.40. The third-order valence-corrected chi connectivity index (χ3v) is 5.50. The number of ether oxygens (including phenoxy) is 2. The van der Waals surface area contributed by atoms with Crippen molar-refractivity contribution in [3.05, 3.63) is 64.2 Å². The maximum Gasteiger partial charge on any atom is 0.295 e. The van der Waals surface area contributed by atoms with E-state index in [-0.39, 0.29) is 11.3 Å². The Balaban J connectivity index is 2.15. The number of carbonyl (C=O) groups is 2. The van der Waals surface area contributed by atoms with Crippen molar-refractivity contribution >= 4 is 29.1 Å². The molecule has 0 saturated carbocycles. The number of likely N-dealkylation sites (tertiary alicyclic amines) is 1. The molecule has 1 heterocycles. The number of methoxy groups -OCH3 is 2. The Hall–Kier alpha value is -3.03. The minimum absolute atomic E-state index is 0.0262. The Morgan fingerprint density at radius 1 is 1.10 bits per heavy atom. The fraction of sp³-hybridized carbons (Fsp3) is 0.304. The maximum absolute atomic E-state index is 13.0. The van der Waals surface area contributed by atoms with Crippen LogP contribution in [0.15, 0.2) is 48.0 Å². The molecule has 1 unspecified atom stereocenters. The monoisotopic (exact) mass is 444 g/mol. The molecule has 164 valence electrons. The quantitative estimate of drug-likeness (QED) is 0.401. The van der Waals surface area contributed by atoms with Crippen LogP contribution in [-0.2, 0) is 9.59 Å². The van der Waals surface area contributed by atoms with Gasteiger partial charge in [-0.1, -0.05) is 23.7 Å². The van der Waals surface area contributed by atoms with Crippen LogP contribution in [0.5, 0.6) is 11.5 Å². The summed E-state index contributed by atoms with van der Waals surface area (Å²) in [5.74, 6) is -0.650. The summed E-state index contributed by atoms with van der Waals surface area (Å²) in [4.78, 5) is 29.3. The minimum Gasteiger partial charge on any atom is -0.507 e. The van der Waals surface area contributed by atoms with Gasteiger partial charge in [0.2, 0.25) is 0 Å². The Bertz CT molecular complexity index is 1020. The van der Waals surface area contributed by atoms with Crippen LogP contribution in [0, 0.1) is 0 Å². The Morgan fingerprint density at radius 3 is 2.35 bits per heavy atom. The van der Waals surface area contributed by atoms with Crippen molar-refractivity contribution < 1.29 is 24.2 Å². The van der Waals surface area contributed by atoms with E-state index in [0.29, 0.717) is 40.7 Å². The average Bonchev–Trinajstić information content (AvgIpc) is 3.02. The van der Waals surface area contributed by atoms with Crippen LogP contribution in [0.1, 0.15) is 17.2 Å². The second kappa shape index (κ2) is 9.41. The van der Waals surface area contributed by atoms with Gasteiger partial charge in [0.1, 0.15) is 17.3 Å². The van der Waals surface area contributed by atoms with Gasteiger partial charge in [0, 0.05) is 18.7 Å². The number of benzene rings is 2. The van der Waals surface area contributed by atoms with Crippen LogP contribution in [0.4, 0.5) is 0 Å². The first-order valence-electron chi connectivity index (χ1n) is 9.69. The smallest absolute Gasteiger partial charge is 0.295 e. The second-order valence-corrected chi connectivity index (χ2v) is 7.83. The highest BCUT2D eigenvalue weighted by atomic mass is 35.5. The van der Waals surface area contributed by atoms with Crippen LogP contribution in [-0.4, -0.2) is 68.0 Å². The molecule has 31 heavy (non-hydrogen) atoms. The van der Waals surface area contributed by atoms with Gasteiger partial charge in [-0.25, -0.2) is 0 Å². The molecule has 1 saturated heterocycles. The van der Waals surface area contributed by atoms with E-state index in [0.717, 1.165) is 0 Å². The average molecular weight is 445 g/mol. The predicted molar refractivity (Wildman–Crippen MR) is 119 cm³/mol. The van der Waals surface area contributed by atoms with Crippen molar-refractivity contribution in [2.75, 3.05) is 41.4 Å². The van der Waals surface area contributed by atoms with Crippen LogP contribution in [0.25, 0.3) is 5.76 Å². The van der Waals surface area contributed by atoms with Crippen LogP contribution >= 0.6 is 11.6 Å². The molecule has 2 aromatic rings. The van der Waals surface area contributed by atoms with Gasteiger partial charge < -0.3 is 24.4 Å². The van der Waals surface area contributed by atoms with E-state index < -0.39 is 17.7 Å². The zero-order chi connectivity index (χ0) is 22.7. The second-order valence-electron chi connectivity index (χ2n) is 7.42. The lowest BCUT2D eigenvalue weighted by atomic mass is 9.95. The third-order valence-electron chi connectivity index (χ3n) is 5.18. The Labute approximate surface area is 186 Å². The van der Waals surface area contributed by atoms with Gasteiger partial charge in [0.25, 0.3) is 11.7 Å². The molecule has 0 aromatic heterocycles. The van der Waals surface area contributed by atoms with Gasteiger partial charge in [-0.15, -0.1) is 0 Å². The number of nitrogens with zero attached hydrogens (tertiary/aromatic N) is 2. The van der Waals surface area contributed by atoms with Crippen molar-refractivity contribution in [1.82, 2.24) is 9.80 Å². The predicted octanol–water partition coefficient (Wildman–Crippen LogP) is 3.34. The van der Waals surface area contributed by atoms with E-state index in [9.17, 15) is 14.7 Å². The lowest BCUT2D eigenvalue weighted by molar-refractivity contribution is -0.140. The number of likely N-dealkylation sites (N-methyl/N-ethyl adjacent to an activating group) is 1. The number of aliphatic hydroxyl groups is 1. The number of hydrogen-bond donors (Lipinski definition) is 1. The normalized spacial score (nSPS) is 18.0. The molecule has 0 radical (unpaired) electrons. The van der Waals surface area contributed by atoms with Crippen molar-refractivity contribution in [2.24, 2.45) is 0 Å². The molecule has 1 atom stereocenters. The van der Waals surface area contributed by atoms with Crippen molar-refractivity contribution in [2.45, 2.75) is 6.04 Å². The number of amides is 1. The molecular formula is C23H25ClN2O5. The van der Waals surface area contributed by atoms with Crippen LogP contribution in [0.2, 0.25) is 5.02 Å². The zero-order valence-electron chi connectivity index (χ0n) is 17.9. The summed E-state index contributed by atoms with van der Waals surface area (Å²) in [5, 5.41) is 11.5. The van der Waals surface area contributed by atoms with E-state index in [1.165, 1.54) is 18.1 Å². The van der Waals surface area contributed by atoms with Gasteiger partial charge in [0.15, 0.2) is 0 Å². The molecule has 0 bridgehead atoms. The summed E-state index contributed by atoms with van der Waals surface area (Å²) in [6.07, 6.45) is 0. The van der Waals surface area contributed by atoms with Gasteiger partial charge in [0.05, 0.1) is 30.9 Å². The van der Waals surface area contributed by atoms with E-state index >= 15 is 0 Å². The number of hydrogen-bond acceptors (Lipinski definition) is 6. The SMILES string of the molecule is COc1ccc(C2/C(=C(/O)c3ccc(Cl)c(OC)c3)C(=O)C(=O)N2CCN(C)C)cc1. The number of ketones is 1. The first-order chi connectivity index (χ1) is 14.8. The van der Waals surface area contributed by atoms with E-state index in [2.05, 4.69) is 0 Å². The first kappa shape index (κ1) is 22.7. The number of rotatable bonds is 7. The number of Topliss-reactive ketones (excluding diaryl/α,β-unsaturated/α-hetero) is 1. The van der Waals surface area contributed by atoms with Gasteiger partial charge in [-0.3, -0.25) is 9.59 Å². The van der Waals surface area contributed by atoms with Crippen molar-refractivity contribution in [1.29, 1.82) is 0 Å². The molecule has 3 rings (SSSR count). The Morgan fingerprint density at radius 2 is 1.77 bits per heavy atom. The van der Waals surface area contributed by atoms with Crippen molar-refractivity contribution in [3.63, 3.8) is 0 Å². The summed E-state index contributed by atoms with van der Waals surface area (Å²) in [7, 11) is 6.80. The maximum atomic E-state index is 13.0. The third kappa shape index (κ3) is 4.52. The zero-order valence-corrected chi connectivity index (χ0v) is 18.6. The summed E-state index contributed by atoms with van der Waals surface area (Å²) in [6, 6.07) is 11.0. The van der Waals surface area contributed by atoms with E-state index in [4.69, 9.17) is 21.1 Å². The van der Waals surface area contributed by atoms with Gasteiger partial charge in [-0.2, -0.15) is 0 Å².